The molecule has 0 radical (unpaired) electrons. The van der Waals surface area contributed by atoms with Crippen molar-refractivity contribution in [2.24, 2.45) is 0 Å². The normalized spacial score (nSPS) is 10.0. The number of anilines is 1. The number of benzene rings is 2. The Bertz CT molecular complexity index is 591. The zero-order valence-electron chi connectivity index (χ0n) is 10.8. The molecule has 0 fully saturated rings. The predicted octanol–water partition coefficient (Wildman–Crippen LogP) is 3.16. The second-order valence-electron chi connectivity index (χ2n) is 4.12. The lowest BCUT2D eigenvalue weighted by molar-refractivity contribution is 0.0601. The van der Waals surface area contributed by atoms with Gasteiger partial charge in [-0.1, -0.05) is 23.8 Å². The van der Waals surface area contributed by atoms with E-state index >= 15 is 0 Å². The summed E-state index contributed by atoms with van der Waals surface area (Å²) in [6.07, 6.45) is 0. The first kappa shape index (κ1) is 13.0. The Labute approximate surface area is 111 Å². The molecule has 2 aromatic rings. The molecule has 0 aromatic heterocycles. The molecule has 0 unspecified atom stereocenters. The van der Waals surface area contributed by atoms with Crippen LogP contribution >= 0.6 is 0 Å². The van der Waals surface area contributed by atoms with Crippen LogP contribution in [-0.2, 0) is 4.74 Å². The van der Waals surface area contributed by atoms with Crippen LogP contribution in [0.2, 0.25) is 0 Å². The van der Waals surface area contributed by atoms with Gasteiger partial charge in [0, 0.05) is 0 Å². The molecular formula is C15H15NO3. The molecule has 0 aliphatic carbocycles. The maximum absolute atomic E-state index is 11.5. The van der Waals surface area contributed by atoms with Gasteiger partial charge in [0.2, 0.25) is 0 Å². The van der Waals surface area contributed by atoms with E-state index in [-0.39, 0.29) is 5.69 Å². The van der Waals surface area contributed by atoms with Gasteiger partial charge in [-0.15, -0.1) is 0 Å². The zero-order valence-corrected chi connectivity index (χ0v) is 10.8. The third-order valence-corrected chi connectivity index (χ3v) is 2.72. The first-order valence-corrected chi connectivity index (χ1v) is 5.83. The summed E-state index contributed by atoms with van der Waals surface area (Å²) < 4.78 is 10.3. The Hall–Kier alpha value is -2.49. The molecule has 0 heterocycles. The van der Waals surface area contributed by atoms with Gasteiger partial charge in [0.15, 0.2) is 5.75 Å². The Morgan fingerprint density at radius 3 is 2.42 bits per heavy atom. The van der Waals surface area contributed by atoms with Crippen molar-refractivity contribution < 1.29 is 14.3 Å². The van der Waals surface area contributed by atoms with E-state index in [1.807, 2.05) is 31.2 Å². The molecule has 0 aliphatic rings. The van der Waals surface area contributed by atoms with Gasteiger partial charge < -0.3 is 15.2 Å². The van der Waals surface area contributed by atoms with Gasteiger partial charge >= 0.3 is 5.97 Å². The third kappa shape index (κ3) is 2.85. The minimum Gasteiger partial charge on any atom is -0.465 e. The smallest absolute Gasteiger partial charge is 0.340 e. The number of rotatable bonds is 3. The van der Waals surface area contributed by atoms with Crippen molar-refractivity contribution >= 4 is 11.7 Å². The molecule has 4 nitrogen and oxygen atoms in total. The van der Waals surface area contributed by atoms with Gasteiger partial charge in [-0.2, -0.15) is 0 Å². The summed E-state index contributed by atoms with van der Waals surface area (Å²) in [5, 5.41) is 0. The molecule has 0 amide bonds. The summed E-state index contributed by atoms with van der Waals surface area (Å²) in [5.41, 5.74) is 7.63. The lowest BCUT2D eigenvalue weighted by atomic mass is 10.1. The molecular weight excluding hydrogens is 242 g/mol. The van der Waals surface area contributed by atoms with Crippen molar-refractivity contribution in [3.8, 4) is 11.5 Å². The van der Waals surface area contributed by atoms with E-state index in [1.54, 1.807) is 18.2 Å². The molecule has 2 rings (SSSR count). The number of aryl methyl sites for hydroxylation is 1. The number of carbonyl (C=O) groups excluding carboxylic acids is 1. The summed E-state index contributed by atoms with van der Waals surface area (Å²) in [7, 11) is 1.31. The van der Waals surface area contributed by atoms with Crippen molar-refractivity contribution in [3.63, 3.8) is 0 Å². The van der Waals surface area contributed by atoms with Gasteiger partial charge in [-0.05, 0) is 31.2 Å². The fraction of sp³-hybridized carbons (Fsp3) is 0.133. The maximum Gasteiger partial charge on any atom is 0.340 e. The van der Waals surface area contributed by atoms with Gasteiger partial charge in [-0.3, -0.25) is 0 Å². The Morgan fingerprint density at radius 1 is 1.11 bits per heavy atom. The minimum absolute atomic E-state index is 0.273. The van der Waals surface area contributed by atoms with Crippen molar-refractivity contribution in [3.05, 3.63) is 53.6 Å². The number of esters is 1. The molecule has 0 saturated heterocycles. The maximum atomic E-state index is 11.5. The van der Waals surface area contributed by atoms with E-state index in [1.165, 1.54) is 7.11 Å². The number of nitrogen functional groups attached to an aromatic ring is 1. The van der Waals surface area contributed by atoms with Crippen molar-refractivity contribution in [1.29, 1.82) is 0 Å². The molecule has 2 aromatic carbocycles. The summed E-state index contributed by atoms with van der Waals surface area (Å²) in [6.45, 7) is 2.00. The summed E-state index contributed by atoms with van der Waals surface area (Å²) in [6, 6.07) is 12.6. The Morgan fingerprint density at radius 2 is 1.79 bits per heavy atom. The van der Waals surface area contributed by atoms with Crippen LogP contribution in [0.25, 0.3) is 0 Å². The van der Waals surface area contributed by atoms with Crippen LogP contribution in [0.5, 0.6) is 11.5 Å². The number of nitrogens with two attached hydrogens (primary N) is 1. The number of methoxy groups -OCH3 is 1. The van der Waals surface area contributed by atoms with E-state index in [0.717, 1.165) is 5.56 Å². The molecule has 0 saturated carbocycles. The van der Waals surface area contributed by atoms with Crippen molar-refractivity contribution in [2.75, 3.05) is 12.8 Å². The highest BCUT2D eigenvalue weighted by Gasteiger charge is 2.13. The average Bonchev–Trinajstić information content (AvgIpc) is 2.43. The predicted molar refractivity (Wildman–Crippen MR) is 73.4 cm³/mol. The molecule has 4 heteroatoms. The van der Waals surface area contributed by atoms with Gasteiger partial charge in [0.1, 0.15) is 5.75 Å². The van der Waals surface area contributed by atoms with Crippen LogP contribution in [-0.4, -0.2) is 13.1 Å². The van der Waals surface area contributed by atoms with Gasteiger partial charge in [-0.25, -0.2) is 4.79 Å². The van der Waals surface area contributed by atoms with E-state index in [0.29, 0.717) is 17.1 Å². The van der Waals surface area contributed by atoms with E-state index in [2.05, 4.69) is 4.74 Å². The lowest BCUT2D eigenvalue weighted by Crippen LogP contribution is -2.06. The van der Waals surface area contributed by atoms with Gasteiger partial charge in [0.05, 0.1) is 18.4 Å². The second-order valence-corrected chi connectivity index (χ2v) is 4.12. The van der Waals surface area contributed by atoms with Crippen molar-refractivity contribution in [1.82, 2.24) is 0 Å². The van der Waals surface area contributed by atoms with E-state index in [4.69, 9.17) is 10.5 Å². The van der Waals surface area contributed by atoms with Crippen LogP contribution in [0.15, 0.2) is 42.5 Å². The summed E-state index contributed by atoms with van der Waals surface area (Å²) >= 11 is 0. The number of carbonyl (C=O) groups is 1. The third-order valence-electron chi connectivity index (χ3n) is 2.72. The number of ether oxygens (including phenoxy) is 2. The largest absolute Gasteiger partial charge is 0.465 e. The number of para-hydroxylation sites is 1. The number of hydrogen-bond donors (Lipinski definition) is 1. The fourth-order valence-electron chi connectivity index (χ4n) is 1.65. The highest BCUT2D eigenvalue weighted by molar-refractivity contribution is 5.96. The van der Waals surface area contributed by atoms with Crippen LogP contribution in [0.3, 0.4) is 0 Å². The quantitative estimate of drug-likeness (QED) is 0.677. The summed E-state index contributed by atoms with van der Waals surface area (Å²) in [4.78, 5) is 11.5. The standard InChI is InChI=1S/C15H15NO3/c1-10-6-8-11(9-7-10)19-13-5-3-4-12(14(13)16)15(17)18-2/h3-9H,16H2,1-2H3. The van der Waals surface area contributed by atoms with E-state index in [9.17, 15) is 4.79 Å². The minimum atomic E-state index is -0.480. The molecule has 0 aliphatic heterocycles. The molecule has 98 valence electrons. The Kier molecular flexibility index (Phi) is 3.71. The van der Waals surface area contributed by atoms with Crippen LogP contribution < -0.4 is 10.5 Å². The van der Waals surface area contributed by atoms with Crippen LogP contribution in [0.4, 0.5) is 5.69 Å². The zero-order chi connectivity index (χ0) is 13.8. The average molecular weight is 257 g/mol. The van der Waals surface area contributed by atoms with E-state index < -0.39 is 5.97 Å². The first-order valence-electron chi connectivity index (χ1n) is 5.83. The molecule has 0 atom stereocenters. The molecule has 2 N–H and O–H groups in total. The van der Waals surface area contributed by atoms with Crippen molar-refractivity contribution in [2.45, 2.75) is 6.92 Å². The SMILES string of the molecule is COC(=O)c1cccc(Oc2ccc(C)cc2)c1N. The second kappa shape index (κ2) is 5.44. The monoisotopic (exact) mass is 257 g/mol. The fourth-order valence-corrected chi connectivity index (χ4v) is 1.65. The molecule has 0 bridgehead atoms. The van der Waals surface area contributed by atoms with Crippen LogP contribution in [0.1, 0.15) is 15.9 Å². The highest BCUT2D eigenvalue weighted by Crippen LogP contribution is 2.30. The topological polar surface area (TPSA) is 61.5 Å². The highest BCUT2D eigenvalue weighted by atomic mass is 16.5. The molecule has 0 spiro atoms. The number of hydrogen-bond acceptors (Lipinski definition) is 4. The summed E-state index contributed by atoms with van der Waals surface area (Å²) in [5.74, 6) is 0.623. The van der Waals surface area contributed by atoms with Crippen LogP contribution in [0, 0.1) is 6.92 Å². The lowest BCUT2D eigenvalue weighted by Gasteiger charge is -2.11. The van der Waals surface area contributed by atoms with Gasteiger partial charge in [0.25, 0.3) is 0 Å². The Balaban J connectivity index is 2.30. The molecule has 19 heavy (non-hydrogen) atoms. The first-order chi connectivity index (χ1) is 9.11.